The number of carbonyl (C=O) groups excluding carboxylic acids is 1. The van der Waals surface area contributed by atoms with Gasteiger partial charge in [0, 0.05) is 6.42 Å². The van der Waals surface area contributed by atoms with Crippen molar-refractivity contribution in [2.24, 2.45) is 5.92 Å². The van der Waals surface area contributed by atoms with Crippen LogP contribution in [0.4, 0.5) is 0 Å². The molecule has 0 unspecified atom stereocenters. The molecule has 0 fully saturated rings. The average molecular weight is 266 g/mol. The zero-order valence-corrected chi connectivity index (χ0v) is 12.5. The van der Waals surface area contributed by atoms with Crippen LogP contribution in [0.1, 0.15) is 39.5 Å². The maximum atomic E-state index is 9.94. The first-order chi connectivity index (χ1) is 9.23. The molecule has 3 nitrogen and oxygen atoms in total. The molecule has 0 heterocycles. The van der Waals surface area contributed by atoms with Crippen LogP contribution in [-0.2, 0) is 4.79 Å². The standard InChI is InChI=1S/C8H10O2.C8H16O/c1-9-7-5-3-4-6-8(7)10-2;1-3-8(4-2)6-5-7-9/h3-6H,1-2H3;7-8H,3-6H2,1-2H3. The summed E-state index contributed by atoms with van der Waals surface area (Å²) >= 11 is 0. The third kappa shape index (κ3) is 7.50. The highest BCUT2D eigenvalue weighted by molar-refractivity contribution is 5.49. The van der Waals surface area contributed by atoms with E-state index in [4.69, 9.17) is 9.47 Å². The molecule has 1 aromatic rings. The van der Waals surface area contributed by atoms with Gasteiger partial charge in [0.05, 0.1) is 14.2 Å². The van der Waals surface area contributed by atoms with Gasteiger partial charge in [0.1, 0.15) is 6.29 Å². The highest BCUT2D eigenvalue weighted by atomic mass is 16.5. The minimum Gasteiger partial charge on any atom is -0.493 e. The Bertz CT molecular complexity index is 310. The van der Waals surface area contributed by atoms with Crippen LogP contribution in [-0.4, -0.2) is 20.5 Å². The predicted molar refractivity (Wildman–Crippen MR) is 78.9 cm³/mol. The quantitative estimate of drug-likeness (QED) is 0.697. The van der Waals surface area contributed by atoms with E-state index in [-0.39, 0.29) is 0 Å². The second kappa shape index (κ2) is 11.6. The molecule has 19 heavy (non-hydrogen) atoms. The first-order valence-corrected chi connectivity index (χ1v) is 6.84. The largest absolute Gasteiger partial charge is 0.493 e. The second-order valence-corrected chi connectivity index (χ2v) is 4.28. The molecule has 0 bridgehead atoms. The minimum absolute atomic E-state index is 0.742. The van der Waals surface area contributed by atoms with E-state index in [1.807, 2.05) is 24.3 Å². The number of rotatable bonds is 7. The van der Waals surface area contributed by atoms with E-state index in [0.29, 0.717) is 0 Å². The van der Waals surface area contributed by atoms with E-state index >= 15 is 0 Å². The van der Waals surface area contributed by atoms with Crippen molar-refractivity contribution in [1.29, 1.82) is 0 Å². The number of aldehydes is 1. The summed E-state index contributed by atoms with van der Waals surface area (Å²) in [6.45, 7) is 4.36. The summed E-state index contributed by atoms with van der Waals surface area (Å²) in [6, 6.07) is 7.53. The minimum atomic E-state index is 0.742. The Morgan fingerprint density at radius 3 is 1.84 bits per heavy atom. The van der Waals surface area contributed by atoms with Gasteiger partial charge in [-0.25, -0.2) is 0 Å². The molecule has 0 radical (unpaired) electrons. The van der Waals surface area contributed by atoms with Crippen LogP contribution in [0.15, 0.2) is 24.3 Å². The van der Waals surface area contributed by atoms with Crippen LogP contribution in [0, 0.1) is 5.92 Å². The Morgan fingerprint density at radius 2 is 1.53 bits per heavy atom. The van der Waals surface area contributed by atoms with E-state index in [1.54, 1.807) is 14.2 Å². The number of ether oxygens (including phenoxy) is 2. The zero-order valence-electron chi connectivity index (χ0n) is 12.5. The molecule has 0 aliphatic carbocycles. The number of hydrogen-bond acceptors (Lipinski definition) is 3. The van der Waals surface area contributed by atoms with Crippen LogP contribution in [0.3, 0.4) is 0 Å². The summed E-state index contributed by atoms with van der Waals surface area (Å²) in [5.41, 5.74) is 0. The lowest BCUT2D eigenvalue weighted by Crippen LogP contribution is -1.96. The molecule has 0 aliphatic heterocycles. The van der Waals surface area contributed by atoms with Crippen molar-refractivity contribution in [2.45, 2.75) is 39.5 Å². The molecule has 0 saturated carbocycles. The predicted octanol–water partition coefficient (Wildman–Crippen LogP) is 4.11. The fourth-order valence-corrected chi connectivity index (χ4v) is 1.79. The number of benzene rings is 1. The van der Waals surface area contributed by atoms with E-state index in [9.17, 15) is 4.79 Å². The molecule has 0 aromatic heterocycles. The van der Waals surface area contributed by atoms with Crippen LogP contribution < -0.4 is 9.47 Å². The summed E-state index contributed by atoms with van der Waals surface area (Å²) < 4.78 is 10.0. The maximum Gasteiger partial charge on any atom is 0.160 e. The fraction of sp³-hybridized carbons (Fsp3) is 0.562. The Balaban J connectivity index is 0.000000344. The molecule has 108 valence electrons. The van der Waals surface area contributed by atoms with Crippen molar-refractivity contribution >= 4 is 6.29 Å². The van der Waals surface area contributed by atoms with Crippen molar-refractivity contribution < 1.29 is 14.3 Å². The van der Waals surface area contributed by atoms with Crippen LogP contribution in [0.25, 0.3) is 0 Å². The number of carbonyl (C=O) groups is 1. The molecule has 0 aliphatic rings. The first kappa shape index (κ1) is 17.5. The number of hydrogen-bond donors (Lipinski definition) is 0. The number of para-hydroxylation sites is 2. The molecule has 1 rings (SSSR count). The molecule has 3 heteroatoms. The monoisotopic (exact) mass is 266 g/mol. The summed E-state index contributed by atoms with van der Waals surface area (Å²) in [5.74, 6) is 2.31. The Hall–Kier alpha value is -1.51. The van der Waals surface area contributed by atoms with Gasteiger partial charge in [-0.2, -0.15) is 0 Å². The van der Waals surface area contributed by atoms with E-state index in [0.717, 1.165) is 36.5 Å². The zero-order chi connectivity index (χ0) is 14.5. The summed E-state index contributed by atoms with van der Waals surface area (Å²) in [6.07, 6.45) is 5.26. The highest BCUT2D eigenvalue weighted by Crippen LogP contribution is 2.24. The molecular weight excluding hydrogens is 240 g/mol. The molecule has 0 spiro atoms. The topological polar surface area (TPSA) is 35.5 Å². The lowest BCUT2D eigenvalue weighted by molar-refractivity contribution is -0.108. The molecular formula is C16H26O3. The van der Waals surface area contributed by atoms with Gasteiger partial charge in [-0.05, 0) is 24.5 Å². The van der Waals surface area contributed by atoms with Crippen molar-refractivity contribution in [3.05, 3.63) is 24.3 Å². The van der Waals surface area contributed by atoms with Gasteiger partial charge in [-0.3, -0.25) is 0 Å². The maximum absolute atomic E-state index is 9.94. The van der Waals surface area contributed by atoms with E-state index < -0.39 is 0 Å². The van der Waals surface area contributed by atoms with Gasteiger partial charge in [-0.1, -0.05) is 38.8 Å². The van der Waals surface area contributed by atoms with Crippen LogP contribution in [0.5, 0.6) is 11.5 Å². The van der Waals surface area contributed by atoms with E-state index in [1.165, 1.54) is 12.8 Å². The summed E-state index contributed by atoms with van der Waals surface area (Å²) in [5, 5.41) is 0. The Labute approximate surface area is 116 Å². The third-order valence-electron chi connectivity index (χ3n) is 3.14. The lowest BCUT2D eigenvalue weighted by atomic mass is 9.98. The molecule has 0 N–H and O–H groups in total. The van der Waals surface area contributed by atoms with Crippen LogP contribution in [0.2, 0.25) is 0 Å². The Morgan fingerprint density at radius 1 is 1.05 bits per heavy atom. The molecule has 0 saturated heterocycles. The van der Waals surface area contributed by atoms with Crippen LogP contribution >= 0.6 is 0 Å². The van der Waals surface area contributed by atoms with Gasteiger partial charge < -0.3 is 14.3 Å². The summed E-state index contributed by atoms with van der Waals surface area (Å²) in [4.78, 5) is 9.94. The van der Waals surface area contributed by atoms with Gasteiger partial charge in [0.2, 0.25) is 0 Å². The highest BCUT2D eigenvalue weighted by Gasteiger charge is 2.00. The van der Waals surface area contributed by atoms with Gasteiger partial charge in [0.25, 0.3) is 0 Å². The third-order valence-corrected chi connectivity index (χ3v) is 3.14. The molecule has 0 atom stereocenters. The SMILES string of the molecule is CCC(CC)CCC=O.COc1ccccc1OC. The van der Waals surface area contributed by atoms with Gasteiger partial charge in [0.15, 0.2) is 11.5 Å². The second-order valence-electron chi connectivity index (χ2n) is 4.28. The molecule has 0 amide bonds. The number of methoxy groups -OCH3 is 2. The van der Waals surface area contributed by atoms with Gasteiger partial charge in [-0.15, -0.1) is 0 Å². The normalized spacial score (nSPS) is 9.53. The van der Waals surface area contributed by atoms with Gasteiger partial charge >= 0.3 is 0 Å². The summed E-state index contributed by atoms with van der Waals surface area (Å²) in [7, 11) is 3.25. The van der Waals surface area contributed by atoms with Crippen molar-refractivity contribution in [1.82, 2.24) is 0 Å². The van der Waals surface area contributed by atoms with E-state index in [2.05, 4.69) is 13.8 Å². The van der Waals surface area contributed by atoms with Crippen molar-refractivity contribution in [3.63, 3.8) is 0 Å². The molecule has 1 aromatic carbocycles. The fourth-order valence-electron chi connectivity index (χ4n) is 1.79. The Kier molecular flexibility index (Phi) is 10.7. The van der Waals surface area contributed by atoms with Crippen molar-refractivity contribution in [2.75, 3.05) is 14.2 Å². The van der Waals surface area contributed by atoms with Crippen molar-refractivity contribution in [3.8, 4) is 11.5 Å². The lowest BCUT2D eigenvalue weighted by Gasteiger charge is -2.07. The first-order valence-electron chi connectivity index (χ1n) is 6.84. The smallest absolute Gasteiger partial charge is 0.160 e. The average Bonchev–Trinajstić information content (AvgIpc) is 2.49.